The Morgan fingerprint density at radius 2 is 1.76 bits per heavy atom. The van der Waals surface area contributed by atoms with Crippen LogP contribution in [0, 0.1) is 0 Å². The van der Waals surface area contributed by atoms with Crippen LogP contribution < -0.4 is 5.73 Å². The van der Waals surface area contributed by atoms with Crippen molar-refractivity contribution in [3.8, 4) is 22.8 Å². The van der Waals surface area contributed by atoms with Gasteiger partial charge in [0.1, 0.15) is 0 Å². The Morgan fingerprint density at radius 3 is 2.48 bits per heavy atom. The molecule has 0 saturated heterocycles. The molecule has 7 heteroatoms. The third-order valence-electron chi connectivity index (χ3n) is 2.77. The summed E-state index contributed by atoms with van der Waals surface area (Å²) < 4.78 is 6.10. The number of nitrogens with two attached hydrogens (primary N) is 1. The van der Waals surface area contributed by atoms with E-state index in [9.17, 15) is 0 Å². The van der Waals surface area contributed by atoms with Gasteiger partial charge in [-0.15, -0.1) is 0 Å². The van der Waals surface area contributed by atoms with E-state index in [0.29, 0.717) is 33.0 Å². The molecule has 0 atom stereocenters. The SMILES string of the molecule is Nc1ccc(Br)c(-c2nc(-c3cc(Cl)cc(Cl)c3)no2)c1. The summed E-state index contributed by atoms with van der Waals surface area (Å²) >= 11 is 15.4. The van der Waals surface area contributed by atoms with Crippen LogP contribution in [0.4, 0.5) is 5.69 Å². The zero-order valence-electron chi connectivity index (χ0n) is 10.5. The quantitative estimate of drug-likeness (QED) is 0.627. The molecular weight excluding hydrogens is 377 g/mol. The number of nitrogen functional groups attached to an aromatic ring is 1. The molecule has 0 radical (unpaired) electrons. The van der Waals surface area contributed by atoms with Gasteiger partial charge in [-0.1, -0.05) is 28.4 Å². The van der Waals surface area contributed by atoms with Crippen molar-refractivity contribution >= 4 is 44.8 Å². The zero-order chi connectivity index (χ0) is 15.0. The van der Waals surface area contributed by atoms with Crippen molar-refractivity contribution in [2.75, 3.05) is 5.73 Å². The Kier molecular flexibility index (Phi) is 3.89. The van der Waals surface area contributed by atoms with Crippen molar-refractivity contribution in [3.63, 3.8) is 0 Å². The summed E-state index contributed by atoms with van der Waals surface area (Å²) in [6.07, 6.45) is 0. The zero-order valence-corrected chi connectivity index (χ0v) is 13.6. The fraction of sp³-hybridized carbons (Fsp3) is 0. The highest BCUT2D eigenvalue weighted by Gasteiger charge is 2.14. The van der Waals surface area contributed by atoms with Gasteiger partial charge in [-0.3, -0.25) is 0 Å². The molecule has 4 nitrogen and oxygen atoms in total. The second-order valence-corrected chi connectivity index (χ2v) is 6.05. The topological polar surface area (TPSA) is 64.9 Å². The Labute approximate surface area is 139 Å². The van der Waals surface area contributed by atoms with E-state index in [1.807, 2.05) is 6.07 Å². The number of halogens is 3. The number of rotatable bonds is 2. The van der Waals surface area contributed by atoms with Gasteiger partial charge >= 0.3 is 0 Å². The first-order valence-electron chi connectivity index (χ1n) is 5.88. The average Bonchev–Trinajstić information content (AvgIpc) is 2.90. The fourth-order valence-corrected chi connectivity index (χ4v) is 2.78. The first-order valence-corrected chi connectivity index (χ1v) is 7.43. The van der Waals surface area contributed by atoms with Gasteiger partial charge in [0, 0.05) is 25.8 Å². The first-order chi connectivity index (χ1) is 10.0. The number of aromatic nitrogens is 2. The molecule has 0 saturated carbocycles. The Hall–Kier alpha value is -1.56. The fourth-order valence-electron chi connectivity index (χ4n) is 1.84. The minimum Gasteiger partial charge on any atom is -0.399 e. The Bertz CT molecular complexity index is 799. The van der Waals surface area contributed by atoms with Crippen LogP contribution >= 0.6 is 39.1 Å². The molecule has 0 fully saturated rings. The van der Waals surface area contributed by atoms with E-state index in [0.717, 1.165) is 10.0 Å². The van der Waals surface area contributed by atoms with Gasteiger partial charge in [0.2, 0.25) is 5.82 Å². The minimum atomic E-state index is 0.361. The Morgan fingerprint density at radius 1 is 1.05 bits per heavy atom. The monoisotopic (exact) mass is 383 g/mol. The summed E-state index contributed by atoms with van der Waals surface area (Å²) in [5, 5.41) is 4.97. The lowest BCUT2D eigenvalue weighted by Crippen LogP contribution is -1.87. The third kappa shape index (κ3) is 3.05. The highest BCUT2D eigenvalue weighted by molar-refractivity contribution is 9.10. The van der Waals surface area contributed by atoms with Crippen molar-refractivity contribution in [1.82, 2.24) is 10.1 Å². The molecule has 3 rings (SSSR count). The van der Waals surface area contributed by atoms with Crippen LogP contribution in [0.3, 0.4) is 0 Å². The number of hydrogen-bond acceptors (Lipinski definition) is 4. The molecular formula is C14H8BrCl2N3O. The van der Waals surface area contributed by atoms with Crippen LogP contribution in [0.15, 0.2) is 45.4 Å². The summed E-state index contributed by atoms with van der Waals surface area (Å²) in [4.78, 5) is 4.35. The molecule has 1 aromatic heterocycles. The van der Waals surface area contributed by atoms with Crippen LogP contribution in [-0.4, -0.2) is 10.1 Å². The lowest BCUT2D eigenvalue weighted by atomic mass is 10.2. The lowest BCUT2D eigenvalue weighted by molar-refractivity contribution is 0.432. The standard InChI is InChI=1S/C14H8BrCl2N3O/c15-12-2-1-10(18)6-11(12)14-19-13(20-21-14)7-3-8(16)5-9(17)4-7/h1-6H,18H2. The van der Waals surface area contributed by atoms with E-state index >= 15 is 0 Å². The highest BCUT2D eigenvalue weighted by Crippen LogP contribution is 2.31. The summed E-state index contributed by atoms with van der Waals surface area (Å²) in [6.45, 7) is 0. The molecule has 0 amide bonds. The molecule has 106 valence electrons. The van der Waals surface area contributed by atoms with Gasteiger partial charge in [-0.25, -0.2) is 0 Å². The first kappa shape index (κ1) is 14.4. The van der Waals surface area contributed by atoms with E-state index in [4.69, 9.17) is 33.5 Å². The maximum absolute atomic E-state index is 5.98. The predicted molar refractivity (Wildman–Crippen MR) is 87.3 cm³/mol. The molecule has 0 bridgehead atoms. The van der Waals surface area contributed by atoms with Crippen LogP contribution in [-0.2, 0) is 0 Å². The molecule has 2 N–H and O–H groups in total. The molecule has 21 heavy (non-hydrogen) atoms. The van der Waals surface area contributed by atoms with E-state index in [2.05, 4.69) is 26.1 Å². The van der Waals surface area contributed by atoms with Crippen molar-refractivity contribution in [3.05, 3.63) is 50.9 Å². The maximum Gasteiger partial charge on any atom is 0.259 e. The largest absolute Gasteiger partial charge is 0.399 e. The lowest BCUT2D eigenvalue weighted by Gasteiger charge is -2.00. The summed E-state index contributed by atoms with van der Waals surface area (Å²) in [5.41, 5.74) is 7.79. The van der Waals surface area contributed by atoms with Gasteiger partial charge in [0.05, 0.1) is 5.56 Å². The number of anilines is 1. The number of hydrogen-bond donors (Lipinski definition) is 1. The smallest absolute Gasteiger partial charge is 0.259 e. The average molecular weight is 385 g/mol. The second-order valence-electron chi connectivity index (χ2n) is 4.32. The van der Waals surface area contributed by atoms with Crippen molar-refractivity contribution < 1.29 is 4.52 Å². The highest BCUT2D eigenvalue weighted by atomic mass is 79.9. The number of benzene rings is 2. The summed E-state index contributed by atoms with van der Waals surface area (Å²) in [6, 6.07) is 10.4. The normalized spacial score (nSPS) is 10.8. The Balaban J connectivity index is 2.05. The molecule has 0 unspecified atom stereocenters. The molecule has 3 aromatic rings. The molecule has 1 heterocycles. The van der Waals surface area contributed by atoms with Crippen LogP contribution in [0.5, 0.6) is 0 Å². The van der Waals surface area contributed by atoms with E-state index in [1.165, 1.54) is 0 Å². The third-order valence-corrected chi connectivity index (χ3v) is 3.90. The molecule has 0 aliphatic carbocycles. The maximum atomic E-state index is 5.98. The van der Waals surface area contributed by atoms with Gasteiger partial charge in [0.25, 0.3) is 5.89 Å². The van der Waals surface area contributed by atoms with Gasteiger partial charge < -0.3 is 10.3 Å². The van der Waals surface area contributed by atoms with Crippen molar-refractivity contribution in [2.45, 2.75) is 0 Å². The summed E-state index contributed by atoms with van der Waals surface area (Å²) in [7, 11) is 0. The van der Waals surface area contributed by atoms with Crippen LogP contribution in [0.25, 0.3) is 22.8 Å². The molecule has 2 aromatic carbocycles. The van der Waals surface area contributed by atoms with Crippen molar-refractivity contribution in [1.29, 1.82) is 0 Å². The van der Waals surface area contributed by atoms with E-state index < -0.39 is 0 Å². The van der Waals surface area contributed by atoms with Gasteiger partial charge in [0.15, 0.2) is 0 Å². The van der Waals surface area contributed by atoms with Crippen LogP contribution in [0.2, 0.25) is 10.0 Å². The van der Waals surface area contributed by atoms with E-state index in [-0.39, 0.29) is 0 Å². The predicted octanol–water partition coefficient (Wildman–Crippen LogP) is 5.06. The van der Waals surface area contributed by atoms with Crippen molar-refractivity contribution in [2.24, 2.45) is 0 Å². The van der Waals surface area contributed by atoms with Gasteiger partial charge in [-0.2, -0.15) is 4.98 Å². The van der Waals surface area contributed by atoms with Crippen LogP contribution in [0.1, 0.15) is 0 Å². The molecule has 0 spiro atoms. The van der Waals surface area contributed by atoms with E-state index in [1.54, 1.807) is 30.3 Å². The summed E-state index contributed by atoms with van der Waals surface area (Å²) in [5.74, 6) is 0.768. The minimum absolute atomic E-state index is 0.361. The second kappa shape index (κ2) is 5.67. The molecule has 0 aliphatic rings. The molecule has 0 aliphatic heterocycles. The van der Waals surface area contributed by atoms with Gasteiger partial charge in [-0.05, 0) is 52.3 Å². The number of nitrogens with zero attached hydrogens (tertiary/aromatic N) is 2.